The lowest BCUT2D eigenvalue weighted by Gasteiger charge is -2.47. The number of fused-ring (bicyclic) bond motifs is 2. The SMILES string of the molecule is CC1(C)O[C@@H]2[C@H](O1)[C@H]1OO[C@@H]2[C@H](Br)[C@@H]1Br. The average Bonchev–Trinajstić information content (AvgIpc) is 2.47. The molecule has 6 heteroatoms. The standard InChI is InChI=1S/C9H12Br2O4/c1-9(2)12-7-5-3(10)4(11)6(15-14-5)8(7)13-9/h3-8H,1-2H3/t3-,4+,5-,6+,7+,8-. The van der Waals surface area contributed by atoms with Crippen LogP contribution in [0.4, 0.5) is 0 Å². The summed E-state index contributed by atoms with van der Waals surface area (Å²) in [4.78, 5) is 10.9. The van der Waals surface area contributed by atoms with Gasteiger partial charge in [-0.3, -0.25) is 0 Å². The van der Waals surface area contributed by atoms with Gasteiger partial charge in [0.25, 0.3) is 0 Å². The molecule has 3 saturated heterocycles. The van der Waals surface area contributed by atoms with E-state index in [4.69, 9.17) is 19.2 Å². The maximum Gasteiger partial charge on any atom is 0.164 e. The van der Waals surface area contributed by atoms with Gasteiger partial charge in [0.1, 0.15) is 24.4 Å². The number of alkyl halides is 2. The highest BCUT2D eigenvalue weighted by molar-refractivity contribution is 9.12. The summed E-state index contributed by atoms with van der Waals surface area (Å²) in [6, 6.07) is 0. The van der Waals surface area contributed by atoms with Crippen molar-refractivity contribution in [3.8, 4) is 0 Å². The van der Waals surface area contributed by atoms with Gasteiger partial charge < -0.3 is 9.47 Å². The van der Waals surface area contributed by atoms with Crippen LogP contribution in [0, 0.1) is 0 Å². The third-order valence-corrected chi connectivity index (χ3v) is 5.91. The highest BCUT2D eigenvalue weighted by Gasteiger charge is 2.62. The van der Waals surface area contributed by atoms with Crippen molar-refractivity contribution in [3.05, 3.63) is 0 Å². The van der Waals surface area contributed by atoms with Crippen molar-refractivity contribution in [2.24, 2.45) is 0 Å². The Balaban J connectivity index is 1.92. The predicted octanol–water partition coefficient (Wildman–Crippen LogP) is 1.75. The molecule has 0 aromatic carbocycles. The zero-order valence-electron chi connectivity index (χ0n) is 8.35. The summed E-state index contributed by atoms with van der Waals surface area (Å²) in [6.45, 7) is 3.83. The van der Waals surface area contributed by atoms with Crippen LogP contribution in [0.5, 0.6) is 0 Å². The Labute approximate surface area is 105 Å². The van der Waals surface area contributed by atoms with Crippen LogP contribution in [0.3, 0.4) is 0 Å². The number of ether oxygens (including phenoxy) is 2. The fourth-order valence-corrected chi connectivity index (χ4v) is 3.77. The summed E-state index contributed by atoms with van der Waals surface area (Å²) in [6.07, 6.45) is -0.328. The lowest BCUT2D eigenvalue weighted by atomic mass is 9.88. The zero-order valence-corrected chi connectivity index (χ0v) is 11.5. The molecule has 4 rings (SSSR count). The molecule has 1 saturated carbocycles. The van der Waals surface area contributed by atoms with Crippen molar-refractivity contribution in [2.75, 3.05) is 0 Å². The smallest absolute Gasteiger partial charge is 0.164 e. The molecule has 2 bridgehead atoms. The van der Waals surface area contributed by atoms with E-state index in [1.165, 1.54) is 0 Å². The fourth-order valence-electron chi connectivity index (χ4n) is 2.39. The van der Waals surface area contributed by atoms with Crippen LogP contribution in [0.25, 0.3) is 0 Å². The quantitative estimate of drug-likeness (QED) is 0.496. The van der Waals surface area contributed by atoms with Crippen LogP contribution < -0.4 is 0 Å². The Morgan fingerprint density at radius 2 is 1.20 bits per heavy atom. The fraction of sp³-hybridized carbons (Fsp3) is 1.00. The van der Waals surface area contributed by atoms with Crippen LogP contribution in [0.1, 0.15) is 13.8 Å². The van der Waals surface area contributed by atoms with E-state index in [9.17, 15) is 0 Å². The van der Waals surface area contributed by atoms with E-state index in [2.05, 4.69) is 31.9 Å². The number of halogens is 2. The molecular formula is C9H12Br2O4. The van der Waals surface area contributed by atoms with Gasteiger partial charge in [-0.25, -0.2) is 9.78 Å². The molecule has 4 aliphatic rings. The van der Waals surface area contributed by atoms with E-state index < -0.39 is 5.79 Å². The second kappa shape index (κ2) is 3.40. The van der Waals surface area contributed by atoms with Crippen LogP contribution >= 0.6 is 31.9 Å². The molecular weight excluding hydrogens is 332 g/mol. The molecule has 1 aliphatic carbocycles. The first-order valence-electron chi connectivity index (χ1n) is 4.95. The molecule has 0 N–H and O–H groups in total. The molecule has 0 unspecified atom stereocenters. The third-order valence-electron chi connectivity index (χ3n) is 3.02. The Morgan fingerprint density at radius 3 is 1.60 bits per heavy atom. The first-order valence-corrected chi connectivity index (χ1v) is 6.79. The van der Waals surface area contributed by atoms with Crippen molar-refractivity contribution < 1.29 is 19.2 Å². The number of rotatable bonds is 0. The summed E-state index contributed by atoms with van der Waals surface area (Å²) >= 11 is 7.19. The Kier molecular flexibility index (Phi) is 2.47. The molecule has 0 aromatic rings. The van der Waals surface area contributed by atoms with E-state index in [1.807, 2.05) is 13.8 Å². The Morgan fingerprint density at radius 1 is 0.800 bits per heavy atom. The maximum atomic E-state index is 5.83. The Hall–Kier alpha value is 0.800. The molecule has 4 nitrogen and oxygen atoms in total. The van der Waals surface area contributed by atoms with Gasteiger partial charge in [0, 0.05) is 0 Å². The van der Waals surface area contributed by atoms with Gasteiger partial charge in [-0.05, 0) is 13.8 Å². The molecule has 15 heavy (non-hydrogen) atoms. The van der Waals surface area contributed by atoms with Crippen LogP contribution in [0.2, 0.25) is 0 Å². The normalized spacial score (nSPS) is 56.8. The second-order valence-corrected chi connectivity index (χ2v) is 6.69. The van der Waals surface area contributed by atoms with Crippen molar-refractivity contribution in [3.63, 3.8) is 0 Å². The van der Waals surface area contributed by atoms with Crippen LogP contribution in [-0.2, 0) is 19.2 Å². The van der Waals surface area contributed by atoms with E-state index >= 15 is 0 Å². The van der Waals surface area contributed by atoms with Crippen molar-refractivity contribution in [1.29, 1.82) is 0 Å². The molecule has 0 aromatic heterocycles. The van der Waals surface area contributed by atoms with E-state index in [0.29, 0.717) is 0 Å². The monoisotopic (exact) mass is 342 g/mol. The van der Waals surface area contributed by atoms with Gasteiger partial charge in [-0.2, -0.15) is 0 Å². The summed E-state index contributed by atoms with van der Waals surface area (Å²) in [5.41, 5.74) is 0. The van der Waals surface area contributed by atoms with Crippen molar-refractivity contribution >= 4 is 31.9 Å². The molecule has 86 valence electrons. The van der Waals surface area contributed by atoms with Crippen molar-refractivity contribution in [1.82, 2.24) is 0 Å². The van der Waals surface area contributed by atoms with Gasteiger partial charge in [0.05, 0.1) is 9.65 Å². The van der Waals surface area contributed by atoms with Gasteiger partial charge in [0.15, 0.2) is 5.79 Å². The average molecular weight is 344 g/mol. The number of hydrogen-bond acceptors (Lipinski definition) is 4. The zero-order chi connectivity index (χ0) is 10.8. The molecule has 0 spiro atoms. The summed E-state index contributed by atoms with van der Waals surface area (Å²) in [5.74, 6) is -0.549. The largest absolute Gasteiger partial charge is 0.342 e. The molecule has 4 fully saturated rings. The van der Waals surface area contributed by atoms with Gasteiger partial charge in [-0.15, -0.1) is 0 Å². The van der Waals surface area contributed by atoms with E-state index in [-0.39, 0.29) is 34.1 Å². The van der Waals surface area contributed by atoms with Gasteiger partial charge in [-0.1, -0.05) is 31.9 Å². The van der Waals surface area contributed by atoms with Crippen LogP contribution in [-0.4, -0.2) is 39.9 Å². The van der Waals surface area contributed by atoms with Gasteiger partial charge in [0.2, 0.25) is 0 Å². The highest BCUT2D eigenvalue weighted by Crippen LogP contribution is 2.47. The molecule has 6 atom stereocenters. The Bertz CT molecular complexity index is 259. The summed E-state index contributed by atoms with van der Waals surface area (Å²) < 4.78 is 11.7. The van der Waals surface area contributed by atoms with Gasteiger partial charge >= 0.3 is 0 Å². The van der Waals surface area contributed by atoms with Crippen LogP contribution in [0.15, 0.2) is 0 Å². The minimum atomic E-state index is -0.549. The first kappa shape index (κ1) is 10.9. The topological polar surface area (TPSA) is 36.9 Å². The third kappa shape index (κ3) is 1.53. The summed E-state index contributed by atoms with van der Waals surface area (Å²) in [5, 5.41) is 0. The molecule has 3 aliphatic heterocycles. The van der Waals surface area contributed by atoms with E-state index in [1.54, 1.807) is 0 Å². The van der Waals surface area contributed by atoms with Crippen molar-refractivity contribution in [2.45, 2.75) is 53.7 Å². The minimum absolute atomic E-state index is 0.0445. The first-order chi connectivity index (χ1) is 6.99. The molecule has 0 radical (unpaired) electrons. The number of hydrogen-bond donors (Lipinski definition) is 0. The summed E-state index contributed by atoms with van der Waals surface area (Å²) in [7, 11) is 0. The maximum absolute atomic E-state index is 5.83. The second-order valence-electron chi connectivity index (χ2n) is 4.58. The van der Waals surface area contributed by atoms with E-state index in [0.717, 1.165) is 0 Å². The molecule has 0 amide bonds. The highest BCUT2D eigenvalue weighted by atomic mass is 79.9. The lowest BCUT2D eigenvalue weighted by Crippen LogP contribution is -2.65. The lowest BCUT2D eigenvalue weighted by molar-refractivity contribution is -0.417. The minimum Gasteiger partial charge on any atom is -0.342 e. The molecule has 3 heterocycles. The predicted molar refractivity (Wildman–Crippen MR) is 59.0 cm³/mol.